The fraction of sp³-hybridized carbons (Fsp3) is 0.355. The topological polar surface area (TPSA) is 56.1 Å². The second kappa shape index (κ2) is 12.8. The fourth-order valence-electron chi connectivity index (χ4n) is 4.52. The van der Waals surface area contributed by atoms with Gasteiger partial charge in [-0.1, -0.05) is 49.7 Å². The minimum Gasteiger partial charge on any atom is -0.493 e. The molecule has 0 saturated heterocycles. The first-order valence-electron chi connectivity index (χ1n) is 13.1. The van der Waals surface area contributed by atoms with Crippen LogP contribution in [-0.2, 0) is 13.0 Å². The number of carbonyl (C=O) groups is 1. The van der Waals surface area contributed by atoms with Gasteiger partial charge < -0.3 is 14.6 Å². The molecular weight excluding hydrogens is 482 g/mol. The predicted octanol–water partition coefficient (Wildman–Crippen LogP) is 7.34. The van der Waals surface area contributed by atoms with Crippen molar-refractivity contribution in [3.63, 3.8) is 0 Å². The zero-order valence-corrected chi connectivity index (χ0v) is 22.7. The third-order valence-corrected chi connectivity index (χ3v) is 6.78. The lowest BCUT2D eigenvalue weighted by Crippen LogP contribution is -2.25. The van der Waals surface area contributed by atoms with E-state index in [1.807, 2.05) is 6.07 Å². The maximum Gasteiger partial charge on any atom is 0.251 e. The molecule has 0 bridgehead atoms. The number of nitrogens with zero attached hydrogens (tertiary/aromatic N) is 2. The summed E-state index contributed by atoms with van der Waals surface area (Å²) in [5.41, 5.74) is 5.27. The first-order chi connectivity index (χ1) is 17.9. The number of amides is 1. The number of imidazole rings is 1. The number of hydrogen-bond acceptors (Lipinski definition) is 3. The Bertz CT molecular complexity index is 1330. The van der Waals surface area contributed by atoms with Gasteiger partial charge in [0.25, 0.3) is 5.91 Å². The molecule has 0 aliphatic rings. The van der Waals surface area contributed by atoms with Crippen LogP contribution in [0.3, 0.4) is 0 Å². The molecule has 0 fully saturated rings. The van der Waals surface area contributed by atoms with E-state index in [9.17, 15) is 4.79 Å². The monoisotopic (exact) mass is 517 g/mol. The number of fused-ring (bicyclic) bond motifs is 1. The lowest BCUT2D eigenvalue weighted by Gasteiger charge is -2.15. The number of rotatable bonds is 12. The Hall–Kier alpha value is -3.31. The summed E-state index contributed by atoms with van der Waals surface area (Å²) in [5, 5.41) is 3.62. The molecule has 5 nitrogen and oxygen atoms in total. The second-order valence-electron chi connectivity index (χ2n) is 9.79. The molecule has 3 aromatic carbocycles. The van der Waals surface area contributed by atoms with Crippen LogP contribution < -0.4 is 10.1 Å². The smallest absolute Gasteiger partial charge is 0.251 e. The molecule has 1 heterocycles. The molecule has 1 aromatic heterocycles. The molecule has 1 amide bonds. The summed E-state index contributed by atoms with van der Waals surface area (Å²) in [6.45, 7) is 8.68. The summed E-state index contributed by atoms with van der Waals surface area (Å²) >= 11 is 5.92. The highest BCUT2D eigenvalue weighted by molar-refractivity contribution is 6.30. The maximum atomic E-state index is 12.4. The van der Waals surface area contributed by atoms with E-state index in [0.717, 1.165) is 54.8 Å². The number of carbonyl (C=O) groups excluding carboxylic acids is 1. The Morgan fingerprint density at radius 3 is 2.59 bits per heavy atom. The van der Waals surface area contributed by atoms with Crippen molar-refractivity contribution in [1.82, 2.24) is 14.9 Å². The zero-order chi connectivity index (χ0) is 26.2. The van der Waals surface area contributed by atoms with Gasteiger partial charge in [-0.15, -0.1) is 0 Å². The van der Waals surface area contributed by atoms with E-state index in [0.29, 0.717) is 29.7 Å². The summed E-state index contributed by atoms with van der Waals surface area (Å²) < 4.78 is 8.51. The van der Waals surface area contributed by atoms with E-state index in [1.54, 1.807) is 24.3 Å². The Morgan fingerprint density at radius 1 is 1.03 bits per heavy atom. The number of benzene rings is 3. The van der Waals surface area contributed by atoms with Crippen molar-refractivity contribution in [2.45, 2.75) is 58.9 Å². The number of halogens is 1. The summed E-state index contributed by atoms with van der Waals surface area (Å²) in [7, 11) is 0. The number of hydrogen-bond donors (Lipinski definition) is 1. The second-order valence-corrected chi connectivity index (χ2v) is 10.2. The van der Waals surface area contributed by atoms with Crippen LogP contribution >= 0.6 is 11.6 Å². The first-order valence-corrected chi connectivity index (χ1v) is 13.5. The van der Waals surface area contributed by atoms with Gasteiger partial charge in [0, 0.05) is 30.1 Å². The fourth-order valence-corrected chi connectivity index (χ4v) is 4.64. The molecule has 0 unspecified atom stereocenters. The van der Waals surface area contributed by atoms with E-state index in [1.165, 1.54) is 11.1 Å². The summed E-state index contributed by atoms with van der Waals surface area (Å²) in [6.07, 6.45) is 3.59. The highest BCUT2D eigenvalue weighted by Crippen LogP contribution is 2.27. The third-order valence-electron chi connectivity index (χ3n) is 6.53. The largest absolute Gasteiger partial charge is 0.493 e. The molecule has 6 heteroatoms. The van der Waals surface area contributed by atoms with Gasteiger partial charge in [-0.05, 0) is 85.7 Å². The normalized spacial score (nSPS) is 11.3. The van der Waals surface area contributed by atoms with E-state index in [2.05, 4.69) is 67.1 Å². The molecule has 37 heavy (non-hydrogen) atoms. The average Bonchev–Trinajstić information content (AvgIpc) is 3.24. The molecule has 0 saturated carbocycles. The molecular formula is C31H36ClN3O2. The SMILES string of the molecule is Cc1ccc(C(C)C)c(OCCCCn2c(CCCNC(=O)c3ccc(Cl)cc3)nc3ccccc32)c1. The van der Waals surface area contributed by atoms with Crippen molar-refractivity contribution in [1.29, 1.82) is 0 Å². The highest BCUT2D eigenvalue weighted by Gasteiger charge is 2.12. The Labute approximate surface area is 224 Å². The van der Waals surface area contributed by atoms with E-state index >= 15 is 0 Å². The lowest BCUT2D eigenvalue weighted by atomic mass is 10.0. The number of aryl methyl sites for hydroxylation is 3. The summed E-state index contributed by atoms with van der Waals surface area (Å²) in [6, 6.07) is 21.7. The van der Waals surface area contributed by atoms with Crippen LogP contribution in [0.4, 0.5) is 0 Å². The molecule has 4 rings (SSSR count). The number of para-hydroxylation sites is 2. The molecule has 4 aromatic rings. The van der Waals surface area contributed by atoms with Crippen LogP contribution in [0.1, 0.15) is 66.3 Å². The predicted molar refractivity (Wildman–Crippen MR) is 152 cm³/mol. The number of unbranched alkanes of at least 4 members (excludes halogenated alkanes) is 1. The molecule has 1 N–H and O–H groups in total. The number of aromatic nitrogens is 2. The average molecular weight is 518 g/mol. The molecule has 194 valence electrons. The standard InChI is InChI=1S/C31H36ClN3O2/c1-22(2)26-17-12-23(3)21-29(26)37-20-7-6-19-35-28-10-5-4-9-27(28)34-30(35)11-8-18-33-31(36)24-13-15-25(32)16-14-24/h4-5,9-10,12-17,21-22H,6-8,11,18-20H2,1-3H3,(H,33,36). The van der Waals surface area contributed by atoms with Crippen LogP contribution in [0.2, 0.25) is 5.02 Å². The minimum atomic E-state index is -0.0839. The van der Waals surface area contributed by atoms with Crippen molar-refractivity contribution in [2.24, 2.45) is 0 Å². The highest BCUT2D eigenvalue weighted by atomic mass is 35.5. The van der Waals surface area contributed by atoms with Crippen LogP contribution in [0.15, 0.2) is 66.7 Å². The van der Waals surface area contributed by atoms with Crippen LogP contribution in [-0.4, -0.2) is 28.6 Å². The molecule has 0 aliphatic heterocycles. The van der Waals surface area contributed by atoms with Gasteiger partial charge >= 0.3 is 0 Å². The van der Waals surface area contributed by atoms with Gasteiger partial charge in [-0.2, -0.15) is 0 Å². The van der Waals surface area contributed by atoms with Gasteiger partial charge in [-0.3, -0.25) is 4.79 Å². The Kier molecular flexibility index (Phi) is 9.24. The first kappa shape index (κ1) is 26.7. The van der Waals surface area contributed by atoms with Crippen LogP contribution in [0, 0.1) is 6.92 Å². The third kappa shape index (κ3) is 7.14. The van der Waals surface area contributed by atoms with Crippen molar-refractivity contribution >= 4 is 28.5 Å². The zero-order valence-electron chi connectivity index (χ0n) is 22.0. The molecule has 0 spiro atoms. The number of ether oxygens (including phenoxy) is 1. The van der Waals surface area contributed by atoms with Crippen LogP contribution in [0.5, 0.6) is 5.75 Å². The number of nitrogens with one attached hydrogen (secondary N) is 1. The van der Waals surface area contributed by atoms with Gasteiger partial charge in [0.05, 0.1) is 17.6 Å². The Morgan fingerprint density at radius 2 is 1.81 bits per heavy atom. The lowest BCUT2D eigenvalue weighted by molar-refractivity contribution is 0.0953. The van der Waals surface area contributed by atoms with Crippen LogP contribution in [0.25, 0.3) is 11.0 Å². The molecule has 0 atom stereocenters. The van der Waals surface area contributed by atoms with Crippen molar-refractivity contribution in [3.8, 4) is 5.75 Å². The van der Waals surface area contributed by atoms with Gasteiger partial charge in [-0.25, -0.2) is 4.98 Å². The van der Waals surface area contributed by atoms with E-state index in [4.69, 9.17) is 21.3 Å². The summed E-state index contributed by atoms with van der Waals surface area (Å²) in [4.78, 5) is 17.3. The van der Waals surface area contributed by atoms with E-state index < -0.39 is 0 Å². The van der Waals surface area contributed by atoms with Crippen molar-refractivity contribution in [2.75, 3.05) is 13.2 Å². The maximum absolute atomic E-state index is 12.4. The molecule has 0 radical (unpaired) electrons. The summed E-state index contributed by atoms with van der Waals surface area (Å²) in [5.74, 6) is 2.42. The van der Waals surface area contributed by atoms with Gasteiger partial charge in [0.15, 0.2) is 0 Å². The van der Waals surface area contributed by atoms with Crippen molar-refractivity contribution in [3.05, 3.63) is 94.3 Å². The van der Waals surface area contributed by atoms with Gasteiger partial charge in [0.1, 0.15) is 11.6 Å². The van der Waals surface area contributed by atoms with Gasteiger partial charge in [0.2, 0.25) is 0 Å². The van der Waals surface area contributed by atoms with Crippen molar-refractivity contribution < 1.29 is 9.53 Å². The quantitative estimate of drug-likeness (QED) is 0.200. The Balaban J connectivity index is 1.30. The van der Waals surface area contributed by atoms with E-state index in [-0.39, 0.29) is 5.91 Å². The minimum absolute atomic E-state index is 0.0839. The molecule has 0 aliphatic carbocycles.